The van der Waals surface area contributed by atoms with E-state index in [2.05, 4.69) is 6.07 Å². The number of methoxy groups -OCH3 is 3. The molecule has 0 N–H and O–H groups in total. The number of rotatable bonds is 5. The second kappa shape index (κ2) is 6.55. The number of nitriles is 1. The maximum atomic E-state index is 8.98. The van der Waals surface area contributed by atoms with E-state index >= 15 is 0 Å². The fourth-order valence-corrected chi connectivity index (χ4v) is 1.67. The average molecular weight is 247 g/mol. The first kappa shape index (κ1) is 13.9. The lowest BCUT2D eigenvalue weighted by Gasteiger charge is -2.12. The molecular formula is C14H17NO3. The van der Waals surface area contributed by atoms with Crippen LogP contribution in [-0.4, -0.2) is 21.3 Å². The van der Waals surface area contributed by atoms with Crippen molar-refractivity contribution in [1.29, 1.82) is 5.26 Å². The maximum Gasteiger partial charge on any atom is 0.161 e. The van der Waals surface area contributed by atoms with Crippen molar-refractivity contribution in [2.45, 2.75) is 13.3 Å². The summed E-state index contributed by atoms with van der Waals surface area (Å²) in [6.45, 7) is 1.97. The summed E-state index contributed by atoms with van der Waals surface area (Å²) in [4.78, 5) is 0. The van der Waals surface area contributed by atoms with Crippen LogP contribution < -0.4 is 9.47 Å². The van der Waals surface area contributed by atoms with Crippen LogP contribution in [0.2, 0.25) is 0 Å². The lowest BCUT2D eigenvalue weighted by molar-refractivity contribution is 0.334. The summed E-state index contributed by atoms with van der Waals surface area (Å²) in [7, 11) is 4.72. The quantitative estimate of drug-likeness (QED) is 0.593. The van der Waals surface area contributed by atoms with E-state index < -0.39 is 0 Å². The van der Waals surface area contributed by atoms with Crippen LogP contribution in [0.5, 0.6) is 11.5 Å². The standard InChI is InChI=1S/C14H17NO3/c1-10-5-13(17-3)14(18-4)7-12(10)6-11(8-15)9-16-2/h5,7,9H,6H2,1-4H3/b11-9-. The van der Waals surface area contributed by atoms with Gasteiger partial charge in [-0.2, -0.15) is 5.26 Å². The number of allylic oxidation sites excluding steroid dienone is 1. The molecule has 0 aliphatic rings. The molecule has 0 saturated heterocycles. The topological polar surface area (TPSA) is 51.5 Å². The van der Waals surface area contributed by atoms with E-state index in [9.17, 15) is 0 Å². The van der Waals surface area contributed by atoms with Gasteiger partial charge in [0.2, 0.25) is 0 Å². The molecule has 0 saturated carbocycles. The summed E-state index contributed by atoms with van der Waals surface area (Å²) in [6.07, 6.45) is 1.96. The van der Waals surface area contributed by atoms with Crippen LogP contribution in [0, 0.1) is 18.3 Å². The van der Waals surface area contributed by atoms with Crippen molar-refractivity contribution < 1.29 is 14.2 Å². The average Bonchev–Trinajstić information content (AvgIpc) is 2.39. The van der Waals surface area contributed by atoms with Crippen LogP contribution in [0.4, 0.5) is 0 Å². The molecule has 0 aliphatic heterocycles. The summed E-state index contributed by atoms with van der Waals surface area (Å²) < 4.78 is 15.3. The molecule has 0 aliphatic carbocycles. The minimum atomic E-state index is 0.510. The van der Waals surface area contributed by atoms with Crippen LogP contribution in [0.15, 0.2) is 24.0 Å². The summed E-state index contributed by atoms with van der Waals surface area (Å²) in [5, 5.41) is 8.98. The highest BCUT2D eigenvalue weighted by Gasteiger charge is 2.10. The molecule has 0 bridgehead atoms. The van der Waals surface area contributed by atoms with Gasteiger partial charge in [0, 0.05) is 6.42 Å². The Morgan fingerprint density at radius 1 is 1.22 bits per heavy atom. The molecule has 18 heavy (non-hydrogen) atoms. The largest absolute Gasteiger partial charge is 0.503 e. The van der Waals surface area contributed by atoms with Gasteiger partial charge < -0.3 is 14.2 Å². The number of ether oxygens (including phenoxy) is 3. The molecule has 96 valence electrons. The zero-order valence-corrected chi connectivity index (χ0v) is 11.1. The first-order valence-electron chi connectivity index (χ1n) is 5.49. The molecule has 0 spiro atoms. The molecule has 4 nitrogen and oxygen atoms in total. The Morgan fingerprint density at radius 3 is 2.33 bits per heavy atom. The van der Waals surface area contributed by atoms with E-state index in [1.165, 1.54) is 13.4 Å². The fourth-order valence-electron chi connectivity index (χ4n) is 1.67. The molecule has 1 rings (SSSR count). The van der Waals surface area contributed by atoms with Crippen LogP contribution in [0.25, 0.3) is 0 Å². The number of benzene rings is 1. The molecular weight excluding hydrogens is 230 g/mol. The van der Waals surface area contributed by atoms with Gasteiger partial charge >= 0.3 is 0 Å². The van der Waals surface area contributed by atoms with Crippen molar-refractivity contribution in [2.75, 3.05) is 21.3 Å². The molecule has 1 aromatic rings. The molecule has 0 atom stereocenters. The highest BCUT2D eigenvalue weighted by atomic mass is 16.5. The summed E-state index contributed by atoms with van der Waals surface area (Å²) in [5.74, 6) is 1.35. The van der Waals surface area contributed by atoms with E-state index in [-0.39, 0.29) is 0 Å². The van der Waals surface area contributed by atoms with Gasteiger partial charge in [-0.05, 0) is 30.2 Å². The zero-order valence-electron chi connectivity index (χ0n) is 11.1. The van der Waals surface area contributed by atoms with E-state index in [1.54, 1.807) is 14.2 Å². The van der Waals surface area contributed by atoms with Crippen molar-refractivity contribution in [2.24, 2.45) is 0 Å². The van der Waals surface area contributed by atoms with Gasteiger partial charge in [0.05, 0.1) is 39.2 Å². The van der Waals surface area contributed by atoms with Crippen molar-refractivity contribution in [3.05, 3.63) is 35.1 Å². The van der Waals surface area contributed by atoms with Gasteiger partial charge in [-0.3, -0.25) is 0 Å². The van der Waals surface area contributed by atoms with Gasteiger partial charge in [-0.1, -0.05) is 0 Å². The highest BCUT2D eigenvalue weighted by Crippen LogP contribution is 2.31. The molecule has 0 aromatic heterocycles. The Hall–Kier alpha value is -2.15. The minimum absolute atomic E-state index is 0.510. The molecule has 0 heterocycles. The predicted molar refractivity (Wildman–Crippen MR) is 68.7 cm³/mol. The molecule has 0 unspecified atom stereocenters. The summed E-state index contributed by atoms with van der Waals surface area (Å²) >= 11 is 0. The van der Waals surface area contributed by atoms with Gasteiger partial charge in [-0.15, -0.1) is 0 Å². The first-order valence-corrected chi connectivity index (χ1v) is 5.49. The van der Waals surface area contributed by atoms with Crippen LogP contribution in [-0.2, 0) is 11.2 Å². The van der Waals surface area contributed by atoms with E-state index in [1.807, 2.05) is 19.1 Å². The highest BCUT2D eigenvalue weighted by molar-refractivity contribution is 5.48. The SMILES string of the molecule is CO/C=C(\C#N)Cc1cc(OC)c(OC)cc1C. The smallest absolute Gasteiger partial charge is 0.161 e. The van der Waals surface area contributed by atoms with Gasteiger partial charge in [0.25, 0.3) is 0 Å². The van der Waals surface area contributed by atoms with Crippen LogP contribution >= 0.6 is 0 Å². The summed E-state index contributed by atoms with van der Waals surface area (Å²) in [5.41, 5.74) is 2.62. The van der Waals surface area contributed by atoms with Gasteiger partial charge in [0.15, 0.2) is 11.5 Å². The van der Waals surface area contributed by atoms with Gasteiger partial charge in [-0.25, -0.2) is 0 Å². The Balaban J connectivity index is 3.10. The van der Waals surface area contributed by atoms with E-state index in [0.717, 1.165) is 11.1 Å². The van der Waals surface area contributed by atoms with Crippen molar-refractivity contribution in [1.82, 2.24) is 0 Å². The second-order valence-corrected chi connectivity index (χ2v) is 3.80. The lowest BCUT2D eigenvalue weighted by Crippen LogP contribution is -1.97. The Labute approximate surface area is 107 Å². The molecule has 0 radical (unpaired) electrons. The predicted octanol–water partition coefficient (Wildman–Crippen LogP) is 2.61. The number of hydrogen-bond donors (Lipinski definition) is 0. The number of hydrogen-bond acceptors (Lipinski definition) is 4. The Kier molecular flexibility index (Phi) is 5.06. The molecule has 1 aromatic carbocycles. The van der Waals surface area contributed by atoms with Gasteiger partial charge in [0.1, 0.15) is 0 Å². The van der Waals surface area contributed by atoms with Crippen molar-refractivity contribution >= 4 is 0 Å². The number of aryl methyl sites for hydroxylation is 1. The van der Waals surface area contributed by atoms with Crippen LogP contribution in [0.1, 0.15) is 11.1 Å². The molecule has 0 fully saturated rings. The minimum Gasteiger partial charge on any atom is -0.503 e. The fraction of sp³-hybridized carbons (Fsp3) is 0.357. The molecule has 4 heteroatoms. The maximum absolute atomic E-state index is 8.98. The van der Waals surface area contributed by atoms with Crippen molar-refractivity contribution in [3.63, 3.8) is 0 Å². The third-order valence-electron chi connectivity index (χ3n) is 2.63. The van der Waals surface area contributed by atoms with Crippen LogP contribution in [0.3, 0.4) is 0 Å². The second-order valence-electron chi connectivity index (χ2n) is 3.80. The molecule has 0 amide bonds. The summed E-state index contributed by atoms with van der Waals surface area (Å²) in [6, 6.07) is 5.89. The Morgan fingerprint density at radius 2 is 1.83 bits per heavy atom. The number of nitrogens with zero attached hydrogens (tertiary/aromatic N) is 1. The first-order chi connectivity index (χ1) is 8.65. The van der Waals surface area contributed by atoms with Crippen molar-refractivity contribution in [3.8, 4) is 17.6 Å². The Bertz CT molecular complexity index is 487. The third kappa shape index (κ3) is 3.17. The zero-order chi connectivity index (χ0) is 13.5. The monoisotopic (exact) mass is 247 g/mol. The normalized spacial score (nSPS) is 10.7. The van der Waals surface area contributed by atoms with E-state index in [4.69, 9.17) is 19.5 Å². The lowest BCUT2D eigenvalue weighted by atomic mass is 10.0. The third-order valence-corrected chi connectivity index (χ3v) is 2.63. The van der Waals surface area contributed by atoms with E-state index in [0.29, 0.717) is 23.5 Å².